The summed E-state index contributed by atoms with van der Waals surface area (Å²) in [6.07, 6.45) is -0.0757. The summed E-state index contributed by atoms with van der Waals surface area (Å²) in [6.45, 7) is 3.85. The molecule has 0 unspecified atom stereocenters. The molecule has 0 radical (unpaired) electrons. The van der Waals surface area contributed by atoms with E-state index < -0.39 is 0 Å². The normalized spacial score (nSPS) is 10.8. The van der Waals surface area contributed by atoms with Gasteiger partial charge in [-0.1, -0.05) is 0 Å². The van der Waals surface area contributed by atoms with Crippen molar-refractivity contribution in [2.75, 3.05) is 11.9 Å². The van der Waals surface area contributed by atoms with Crippen molar-refractivity contribution in [1.29, 1.82) is 0 Å². The van der Waals surface area contributed by atoms with Gasteiger partial charge in [0.05, 0.1) is 21.8 Å². The van der Waals surface area contributed by atoms with Crippen molar-refractivity contribution in [3.8, 4) is 0 Å². The average molecular weight is 250 g/mol. The molecule has 5 heteroatoms. The van der Waals surface area contributed by atoms with E-state index in [9.17, 15) is 4.79 Å². The molecule has 1 heterocycles. The highest BCUT2D eigenvalue weighted by Crippen LogP contribution is 2.21. The summed E-state index contributed by atoms with van der Waals surface area (Å²) in [5, 5.41) is 3.04. The maximum Gasteiger partial charge on any atom is 0.325 e. The zero-order chi connectivity index (χ0) is 12.3. The molecule has 1 N–H and O–H groups in total. The minimum atomic E-state index is -0.246. The quantitative estimate of drug-likeness (QED) is 0.848. The Morgan fingerprint density at radius 1 is 1.53 bits per heavy atom. The van der Waals surface area contributed by atoms with Crippen LogP contribution < -0.4 is 5.32 Å². The lowest BCUT2D eigenvalue weighted by molar-refractivity contribution is -0.145. The molecule has 2 rings (SSSR count). The average Bonchev–Trinajstić information content (AvgIpc) is 2.72. The number of nitrogens with one attached hydrogen (secondary N) is 1. The minimum Gasteiger partial charge on any atom is -0.462 e. The second kappa shape index (κ2) is 5.14. The first-order valence-corrected chi connectivity index (χ1v) is 6.30. The van der Waals surface area contributed by atoms with Gasteiger partial charge in [0.15, 0.2) is 0 Å². The predicted octanol–water partition coefficient (Wildman–Crippen LogP) is 2.66. The standard InChI is InChI=1S/C12H14N2O2S/c1-8(2)16-12(15)6-13-9-3-4-10-11(5-9)17-7-14-10/h3-5,7-8,13H,6H2,1-2H3. The number of anilines is 1. The van der Waals surface area contributed by atoms with E-state index in [-0.39, 0.29) is 18.6 Å². The summed E-state index contributed by atoms with van der Waals surface area (Å²) in [4.78, 5) is 15.5. The van der Waals surface area contributed by atoms with Crippen LogP contribution in [-0.2, 0) is 9.53 Å². The van der Waals surface area contributed by atoms with Crippen molar-refractivity contribution in [3.63, 3.8) is 0 Å². The Kier molecular flexibility index (Phi) is 3.58. The lowest BCUT2D eigenvalue weighted by Gasteiger charge is -2.09. The number of fused-ring (bicyclic) bond motifs is 1. The van der Waals surface area contributed by atoms with Crippen molar-refractivity contribution >= 4 is 33.2 Å². The molecule has 1 aromatic heterocycles. The van der Waals surface area contributed by atoms with E-state index >= 15 is 0 Å². The van der Waals surface area contributed by atoms with Crippen LogP contribution in [0.25, 0.3) is 10.2 Å². The van der Waals surface area contributed by atoms with Gasteiger partial charge in [-0.2, -0.15) is 0 Å². The molecule has 4 nitrogen and oxygen atoms in total. The molecule has 0 amide bonds. The van der Waals surface area contributed by atoms with Gasteiger partial charge >= 0.3 is 5.97 Å². The van der Waals surface area contributed by atoms with Gasteiger partial charge in [0.2, 0.25) is 0 Å². The molecule has 0 atom stereocenters. The van der Waals surface area contributed by atoms with E-state index in [1.807, 2.05) is 37.6 Å². The summed E-state index contributed by atoms with van der Waals surface area (Å²) in [7, 11) is 0. The van der Waals surface area contributed by atoms with Crippen LogP contribution in [0.3, 0.4) is 0 Å². The van der Waals surface area contributed by atoms with E-state index in [1.54, 1.807) is 11.3 Å². The number of carbonyl (C=O) groups excluding carboxylic acids is 1. The lowest BCUT2D eigenvalue weighted by Crippen LogP contribution is -2.20. The molecule has 0 saturated heterocycles. The highest BCUT2D eigenvalue weighted by molar-refractivity contribution is 7.16. The maximum absolute atomic E-state index is 11.3. The number of thiazole rings is 1. The van der Waals surface area contributed by atoms with E-state index in [1.165, 1.54) is 0 Å². The second-order valence-electron chi connectivity index (χ2n) is 3.93. The van der Waals surface area contributed by atoms with Crippen LogP contribution in [-0.4, -0.2) is 23.6 Å². The highest BCUT2D eigenvalue weighted by atomic mass is 32.1. The van der Waals surface area contributed by atoms with E-state index in [2.05, 4.69) is 10.3 Å². The molecule has 0 spiro atoms. The Balaban J connectivity index is 1.96. The number of hydrogen-bond acceptors (Lipinski definition) is 5. The molecule has 2 aromatic rings. The van der Waals surface area contributed by atoms with Crippen LogP contribution in [0.1, 0.15) is 13.8 Å². The monoisotopic (exact) mass is 250 g/mol. The third-order valence-electron chi connectivity index (χ3n) is 2.14. The van der Waals surface area contributed by atoms with Crippen molar-refractivity contribution in [1.82, 2.24) is 4.98 Å². The molecule has 0 aliphatic heterocycles. The van der Waals surface area contributed by atoms with Crippen LogP contribution in [0.5, 0.6) is 0 Å². The number of benzene rings is 1. The number of rotatable bonds is 4. The van der Waals surface area contributed by atoms with Gasteiger partial charge in [-0.05, 0) is 32.0 Å². The first kappa shape index (κ1) is 11.9. The number of esters is 1. The number of hydrogen-bond donors (Lipinski definition) is 1. The summed E-state index contributed by atoms with van der Waals surface area (Å²) in [5.41, 5.74) is 3.69. The largest absolute Gasteiger partial charge is 0.462 e. The van der Waals surface area contributed by atoms with Gasteiger partial charge in [-0.3, -0.25) is 4.79 Å². The Bertz CT molecular complexity index is 522. The van der Waals surface area contributed by atoms with Gasteiger partial charge in [0.25, 0.3) is 0 Å². The van der Waals surface area contributed by atoms with Crippen LogP contribution >= 0.6 is 11.3 Å². The lowest BCUT2D eigenvalue weighted by atomic mass is 10.3. The molecule has 1 aromatic carbocycles. The van der Waals surface area contributed by atoms with Gasteiger partial charge in [0, 0.05) is 5.69 Å². The van der Waals surface area contributed by atoms with Crippen molar-refractivity contribution in [2.45, 2.75) is 20.0 Å². The molecule has 0 aliphatic carbocycles. The Morgan fingerprint density at radius 3 is 3.12 bits per heavy atom. The van der Waals surface area contributed by atoms with E-state index in [0.29, 0.717) is 0 Å². The van der Waals surface area contributed by atoms with Crippen LogP contribution in [0.15, 0.2) is 23.7 Å². The highest BCUT2D eigenvalue weighted by Gasteiger charge is 2.05. The zero-order valence-corrected chi connectivity index (χ0v) is 10.6. The molecule has 0 fully saturated rings. The predicted molar refractivity (Wildman–Crippen MR) is 69.3 cm³/mol. The summed E-state index contributed by atoms with van der Waals surface area (Å²) >= 11 is 1.58. The molecule has 0 saturated carbocycles. The Labute approximate surface area is 104 Å². The molecular weight excluding hydrogens is 236 g/mol. The SMILES string of the molecule is CC(C)OC(=O)CNc1ccc2ncsc2c1. The Morgan fingerprint density at radius 2 is 2.35 bits per heavy atom. The van der Waals surface area contributed by atoms with E-state index in [0.717, 1.165) is 15.9 Å². The van der Waals surface area contributed by atoms with Crippen LogP contribution in [0.2, 0.25) is 0 Å². The maximum atomic E-state index is 11.3. The molecule has 90 valence electrons. The fourth-order valence-corrected chi connectivity index (χ4v) is 2.16. The van der Waals surface area contributed by atoms with Gasteiger partial charge in [-0.25, -0.2) is 4.98 Å². The molecule has 0 aliphatic rings. The third kappa shape index (κ3) is 3.17. The molecule has 17 heavy (non-hydrogen) atoms. The first-order chi connectivity index (χ1) is 8.15. The summed E-state index contributed by atoms with van der Waals surface area (Å²) < 4.78 is 6.14. The number of nitrogens with zero attached hydrogens (tertiary/aromatic N) is 1. The molecular formula is C12H14N2O2S. The van der Waals surface area contributed by atoms with Crippen molar-refractivity contribution in [3.05, 3.63) is 23.7 Å². The van der Waals surface area contributed by atoms with Gasteiger partial charge in [0.1, 0.15) is 6.54 Å². The number of carbonyl (C=O) groups is 1. The molecule has 0 bridgehead atoms. The van der Waals surface area contributed by atoms with Gasteiger partial charge in [-0.15, -0.1) is 11.3 Å². The summed E-state index contributed by atoms with van der Waals surface area (Å²) in [6, 6.07) is 5.82. The van der Waals surface area contributed by atoms with Gasteiger partial charge < -0.3 is 10.1 Å². The third-order valence-corrected chi connectivity index (χ3v) is 2.93. The fourth-order valence-electron chi connectivity index (χ4n) is 1.44. The first-order valence-electron chi connectivity index (χ1n) is 5.42. The fraction of sp³-hybridized carbons (Fsp3) is 0.333. The smallest absolute Gasteiger partial charge is 0.325 e. The zero-order valence-electron chi connectivity index (χ0n) is 9.77. The summed E-state index contributed by atoms with van der Waals surface area (Å²) in [5.74, 6) is -0.246. The Hall–Kier alpha value is -1.62. The topological polar surface area (TPSA) is 51.2 Å². The van der Waals surface area contributed by atoms with Crippen LogP contribution in [0.4, 0.5) is 5.69 Å². The van der Waals surface area contributed by atoms with Crippen LogP contribution in [0, 0.1) is 0 Å². The number of aromatic nitrogens is 1. The van der Waals surface area contributed by atoms with E-state index in [4.69, 9.17) is 4.74 Å². The minimum absolute atomic E-state index is 0.0757. The number of ether oxygens (including phenoxy) is 1. The second-order valence-corrected chi connectivity index (χ2v) is 4.81. The van der Waals surface area contributed by atoms with Crippen molar-refractivity contribution in [2.24, 2.45) is 0 Å². The van der Waals surface area contributed by atoms with Crippen molar-refractivity contribution < 1.29 is 9.53 Å².